The van der Waals surface area contributed by atoms with Crippen molar-refractivity contribution in [3.63, 3.8) is 0 Å². The fraction of sp³-hybridized carbons (Fsp3) is 0.250. The summed E-state index contributed by atoms with van der Waals surface area (Å²) >= 11 is 0. The third kappa shape index (κ3) is 4.08. The quantitative estimate of drug-likeness (QED) is 0.576. The van der Waals surface area contributed by atoms with Crippen LogP contribution in [0.4, 0.5) is 11.4 Å². The van der Waals surface area contributed by atoms with Crippen molar-refractivity contribution < 1.29 is 5.11 Å². The Morgan fingerprint density at radius 1 is 0.731 bits per heavy atom. The number of benzene rings is 3. The van der Waals surface area contributed by atoms with Gasteiger partial charge in [0.2, 0.25) is 0 Å². The summed E-state index contributed by atoms with van der Waals surface area (Å²) in [6.45, 7) is 5.09. The van der Waals surface area contributed by atoms with E-state index in [0.29, 0.717) is 5.75 Å². The minimum Gasteiger partial charge on any atom is -0.507 e. The Balaban J connectivity index is 1.87. The molecule has 0 saturated heterocycles. The fourth-order valence-corrected chi connectivity index (χ4v) is 3.38. The molecule has 1 N–H and O–H groups in total. The Kier molecular flexibility index (Phi) is 5.96. The minimum absolute atomic E-state index is 0.474. The van der Waals surface area contributed by atoms with Crippen molar-refractivity contribution in [3.05, 3.63) is 89.5 Å². The summed E-state index contributed by atoms with van der Waals surface area (Å²) in [7, 11) is 0. The predicted molar refractivity (Wildman–Crippen MR) is 110 cm³/mol. The zero-order valence-corrected chi connectivity index (χ0v) is 15.7. The van der Waals surface area contributed by atoms with Crippen molar-refractivity contribution in [3.8, 4) is 5.75 Å². The van der Waals surface area contributed by atoms with Crippen molar-refractivity contribution in [2.75, 3.05) is 11.4 Å². The summed E-state index contributed by atoms with van der Waals surface area (Å²) in [5.74, 6) is 0.474. The Bertz CT molecular complexity index is 763. The van der Waals surface area contributed by atoms with E-state index in [2.05, 4.69) is 79.4 Å². The van der Waals surface area contributed by atoms with Gasteiger partial charge in [-0.25, -0.2) is 0 Å². The first kappa shape index (κ1) is 18.1. The lowest BCUT2D eigenvalue weighted by molar-refractivity contribution is 0.462. The highest BCUT2D eigenvalue weighted by Crippen LogP contribution is 2.28. The fourth-order valence-electron chi connectivity index (χ4n) is 3.38. The maximum Gasteiger partial charge on any atom is 0.121 e. The van der Waals surface area contributed by atoms with Crippen LogP contribution in [0.1, 0.15) is 30.5 Å². The Morgan fingerprint density at radius 2 is 1.19 bits per heavy atom. The van der Waals surface area contributed by atoms with E-state index in [0.717, 1.165) is 36.9 Å². The van der Waals surface area contributed by atoms with Gasteiger partial charge in [-0.05, 0) is 60.2 Å². The van der Waals surface area contributed by atoms with Crippen LogP contribution >= 0.6 is 0 Å². The van der Waals surface area contributed by atoms with Crippen LogP contribution in [-0.4, -0.2) is 11.7 Å². The van der Waals surface area contributed by atoms with Crippen molar-refractivity contribution >= 4 is 11.4 Å². The van der Waals surface area contributed by atoms with E-state index in [1.54, 1.807) is 0 Å². The summed E-state index contributed by atoms with van der Waals surface area (Å²) in [6.07, 6.45) is 2.64. The highest BCUT2D eigenvalue weighted by atomic mass is 16.3. The van der Waals surface area contributed by atoms with Gasteiger partial charge in [0.15, 0.2) is 0 Å². The van der Waals surface area contributed by atoms with Crippen molar-refractivity contribution in [1.82, 2.24) is 0 Å². The molecule has 0 radical (unpaired) electrons. The van der Waals surface area contributed by atoms with Gasteiger partial charge in [-0.15, -0.1) is 0 Å². The number of para-hydroxylation sites is 2. The van der Waals surface area contributed by atoms with Gasteiger partial charge in [0.25, 0.3) is 0 Å². The van der Waals surface area contributed by atoms with E-state index in [-0.39, 0.29) is 0 Å². The van der Waals surface area contributed by atoms with Crippen LogP contribution < -0.4 is 4.90 Å². The number of hydrogen-bond donors (Lipinski definition) is 1. The van der Waals surface area contributed by atoms with Crippen molar-refractivity contribution in [2.45, 2.75) is 33.1 Å². The van der Waals surface area contributed by atoms with Gasteiger partial charge in [-0.2, -0.15) is 0 Å². The topological polar surface area (TPSA) is 23.5 Å². The standard InChI is InChI=1S/C24H27NO/c1-3-20-17-19(18-21(4-2)24(20)26)15-16-25(22-11-7-5-8-12-22)23-13-9-6-10-14-23/h5-14,17-18,26H,3-4,15-16H2,1-2H3. The summed E-state index contributed by atoms with van der Waals surface area (Å²) in [5.41, 5.74) is 5.77. The molecule has 134 valence electrons. The van der Waals surface area contributed by atoms with Crippen LogP contribution in [0.2, 0.25) is 0 Å². The number of hydrogen-bond acceptors (Lipinski definition) is 2. The second-order valence-electron chi connectivity index (χ2n) is 6.54. The molecule has 3 aromatic rings. The second kappa shape index (κ2) is 8.57. The number of nitrogens with zero attached hydrogens (tertiary/aromatic N) is 1. The smallest absolute Gasteiger partial charge is 0.121 e. The first-order chi connectivity index (χ1) is 12.7. The first-order valence-corrected chi connectivity index (χ1v) is 9.44. The molecule has 0 aliphatic rings. The lowest BCUT2D eigenvalue weighted by Crippen LogP contribution is -2.20. The maximum atomic E-state index is 10.3. The molecule has 0 aliphatic heterocycles. The summed E-state index contributed by atoms with van der Waals surface area (Å²) in [5, 5.41) is 10.3. The van der Waals surface area contributed by atoms with E-state index in [1.807, 2.05) is 12.1 Å². The zero-order valence-electron chi connectivity index (χ0n) is 15.7. The predicted octanol–water partition coefficient (Wildman–Crippen LogP) is 5.90. The monoisotopic (exact) mass is 345 g/mol. The normalized spacial score (nSPS) is 10.7. The Morgan fingerprint density at radius 3 is 1.62 bits per heavy atom. The molecule has 0 aliphatic carbocycles. The molecule has 0 spiro atoms. The van der Waals surface area contributed by atoms with Crippen LogP contribution in [0.25, 0.3) is 0 Å². The SMILES string of the molecule is CCc1cc(CCN(c2ccccc2)c2ccccc2)cc(CC)c1O. The van der Waals surface area contributed by atoms with Crippen LogP contribution in [0.15, 0.2) is 72.8 Å². The maximum absolute atomic E-state index is 10.3. The largest absolute Gasteiger partial charge is 0.507 e. The molecule has 0 aromatic heterocycles. The third-order valence-electron chi connectivity index (χ3n) is 4.85. The van der Waals surface area contributed by atoms with Crippen LogP contribution in [0.3, 0.4) is 0 Å². The molecule has 0 saturated carbocycles. The van der Waals surface area contributed by atoms with Crippen molar-refractivity contribution in [1.29, 1.82) is 0 Å². The number of aromatic hydroxyl groups is 1. The third-order valence-corrected chi connectivity index (χ3v) is 4.85. The van der Waals surface area contributed by atoms with Gasteiger partial charge >= 0.3 is 0 Å². The van der Waals surface area contributed by atoms with E-state index >= 15 is 0 Å². The van der Waals surface area contributed by atoms with E-state index in [4.69, 9.17) is 0 Å². The molecule has 0 atom stereocenters. The lowest BCUT2D eigenvalue weighted by atomic mass is 9.99. The molecular formula is C24H27NO. The summed E-state index contributed by atoms with van der Waals surface area (Å²) in [6, 6.07) is 25.3. The number of anilines is 2. The van der Waals surface area contributed by atoms with Crippen LogP contribution in [-0.2, 0) is 19.3 Å². The summed E-state index contributed by atoms with van der Waals surface area (Å²) < 4.78 is 0. The van der Waals surface area contributed by atoms with Gasteiger partial charge in [0.05, 0.1) is 0 Å². The molecule has 0 unspecified atom stereocenters. The highest BCUT2D eigenvalue weighted by molar-refractivity contribution is 5.63. The number of phenolic OH excluding ortho intramolecular Hbond substituents is 1. The zero-order chi connectivity index (χ0) is 18.4. The lowest BCUT2D eigenvalue weighted by Gasteiger charge is -2.25. The van der Waals surface area contributed by atoms with Crippen LogP contribution in [0, 0.1) is 0 Å². The van der Waals surface area contributed by atoms with E-state index in [9.17, 15) is 5.11 Å². The van der Waals surface area contributed by atoms with Crippen molar-refractivity contribution in [2.24, 2.45) is 0 Å². The molecule has 0 amide bonds. The molecule has 0 heterocycles. The molecule has 3 rings (SSSR count). The number of phenols is 1. The second-order valence-corrected chi connectivity index (χ2v) is 6.54. The highest BCUT2D eigenvalue weighted by Gasteiger charge is 2.11. The minimum atomic E-state index is 0.474. The number of rotatable bonds is 7. The summed E-state index contributed by atoms with van der Waals surface area (Å²) in [4.78, 5) is 2.35. The Hall–Kier alpha value is -2.74. The molecule has 0 fully saturated rings. The van der Waals surface area contributed by atoms with Gasteiger partial charge in [0.1, 0.15) is 5.75 Å². The molecule has 2 heteroatoms. The van der Waals surface area contributed by atoms with E-state index in [1.165, 1.54) is 16.9 Å². The van der Waals surface area contributed by atoms with Gasteiger partial charge in [0, 0.05) is 17.9 Å². The van der Waals surface area contributed by atoms with Gasteiger partial charge in [-0.1, -0.05) is 62.4 Å². The molecular weight excluding hydrogens is 318 g/mol. The average molecular weight is 345 g/mol. The molecule has 26 heavy (non-hydrogen) atoms. The van der Waals surface area contributed by atoms with Gasteiger partial charge in [-0.3, -0.25) is 0 Å². The number of aryl methyl sites for hydroxylation is 2. The Labute approximate surface area is 156 Å². The molecule has 3 aromatic carbocycles. The average Bonchev–Trinajstić information content (AvgIpc) is 2.70. The molecule has 0 bridgehead atoms. The van der Waals surface area contributed by atoms with Gasteiger partial charge < -0.3 is 10.0 Å². The molecule has 2 nitrogen and oxygen atoms in total. The van der Waals surface area contributed by atoms with E-state index < -0.39 is 0 Å². The first-order valence-electron chi connectivity index (χ1n) is 9.44. The van der Waals surface area contributed by atoms with Crippen LogP contribution in [0.5, 0.6) is 5.75 Å².